The van der Waals surface area contributed by atoms with E-state index in [0.29, 0.717) is 6.04 Å². The summed E-state index contributed by atoms with van der Waals surface area (Å²) in [6.45, 7) is 6.51. The topological polar surface area (TPSA) is 48.9 Å². The summed E-state index contributed by atoms with van der Waals surface area (Å²) in [5.41, 5.74) is 1.26. The van der Waals surface area contributed by atoms with Gasteiger partial charge in [-0.15, -0.1) is 24.0 Å². The number of nitrogens with one attached hydrogen (secondary N) is 2. The molecule has 0 saturated carbocycles. The fourth-order valence-electron chi connectivity index (χ4n) is 2.72. The summed E-state index contributed by atoms with van der Waals surface area (Å²) in [4.78, 5) is 6.72. The van der Waals surface area contributed by atoms with E-state index in [0.717, 1.165) is 56.1 Å². The minimum atomic E-state index is 0. The second kappa shape index (κ2) is 11.9. The van der Waals surface area contributed by atoms with E-state index in [2.05, 4.69) is 54.7 Å². The molecule has 7 heteroatoms. The van der Waals surface area contributed by atoms with Crippen LogP contribution in [0.1, 0.15) is 19.8 Å². The molecule has 1 aliphatic rings. The number of hydrogen-bond acceptors (Lipinski definition) is 3. The maximum absolute atomic E-state index is 5.35. The number of nitrogens with zero attached hydrogens (tertiary/aromatic N) is 2. The van der Waals surface area contributed by atoms with Gasteiger partial charge in [0.05, 0.1) is 5.69 Å². The van der Waals surface area contributed by atoms with Crippen molar-refractivity contribution in [3.8, 4) is 0 Å². The van der Waals surface area contributed by atoms with Crippen molar-refractivity contribution in [2.45, 2.75) is 25.8 Å². The van der Waals surface area contributed by atoms with Gasteiger partial charge < -0.3 is 20.3 Å². The lowest BCUT2D eigenvalue weighted by Crippen LogP contribution is -2.45. The fraction of sp³-hybridized carbons (Fsp3) is 0.588. The summed E-state index contributed by atoms with van der Waals surface area (Å²) in [6.07, 6.45) is 2.10. The molecule has 1 atom stereocenters. The third kappa shape index (κ3) is 6.76. The van der Waals surface area contributed by atoms with Gasteiger partial charge in [-0.05, 0) is 47.8 Å². The molecule has 5 nitrogen and oxygen atoms in total. The van der Waals surface area contributed by atoms with Gasteiger partial charge in [-0.25, -0.2) is 0 Å². The number of rotatable bonds is 7. The van der Waals surface area contributed by atoms with Gasteiger partial charge in [-0.1, -0.05) is 12.1 Å². The molecule has 136 valence electrons. The largest absolute Gasteiger partial charge is 0.382 e. The van der Waals surface area contributed by atoms with Crippen molar-refractivity contribution in [3.05, 3.63) is 28.7 Å². The zero-order chi connectivity index (χ0) is 16.5. The van der Waals surface area contributed by atoms with Gasteiger partial charge >= 0.3 is 0 Å². The minimum Gasteiger partial charge on any atom is -0.382 e. The maximum Gasteiger partial charge on any atom is 0.191 e. The van der Waals surface area contributed by atoms with Crippen LogP contribution < -0.4 is 15.5 Å². The Morgan fingerprint density at radius 2 is 2.21 bits per heavy atom. The van der Waals surface area contributed by atoms with Gasteiger partial charge in [-0.2, -0.15) is 0 Å². The van der Waals surface area contributed by atoms with Crippen molar-refractivity contribution in [2.24, 2.45) is 4.99 Å². The van der Waals surface area contributed by atoms with E-state index in [1.165, 1.54) is 5.69 Å². The van der Waals surface area contributed by atoms with Crippen LogP contribution >= 0.6 is 39.9 Å². The second-order valence-electron chi connectivity index (χ2n) is 5.58. The van der Waals surface area contributed by atoms with Gasteiger partial charge in [0.2, 0.25) is 0 Å². The number of anilines is 1. The standard InChI is InChI=1S/C17H27BrN4O.HI/c1-3-23-12-6-10-20-17(19-2)21-14-9-11-22(13-14)16-8-5-4-7-15(16)18;/h4-5,7-8,14H,3,6,9-13H2,1-2H3,(H2,19,20,21);1H. The minimum absolute atomic E-state index is 0. The molecule has 1 aromatic carbocycles. The van der Waals surface area contributed by atoms with Crippen molar-refractivity contribution in [1.82, 2.24) is 10.6 Å². The molecular weight excluding hydrogens is 483 g/mol. The third-order valence-electron chi connectivity index (χ3n) is 3.91. The molecule has 0 radical (unpaired) electrons. The van der Waals surface area contributed by atoms with Crippen molar-refractivity contribution < 1.29 is 4.74 Å². The Morgan fingerprint density at radius 3 is 2.92 bits per heavy atom. The molecule has 2 rings (SSSR count). The van der Waals surface area contributed by atoms with E-state index >= 15 is 0 Å². The Balaban J connectivity index is 0.00000288. The van der Waals surface area contributed by atoms with Crippen LogP contribution in [0.5, 0.6) is 0 Å². The Labute approximate surface area is 170 Å². The SMILES string of the molecule is CCOCCCNC(=NC)NC1CCN(c2ccccc2Br)C1.I. The van der Waals surface area contributed by atoms with E-state index in [1.807, 2.05) is 20.0 Å². The number of halogens is 2. The number of benzene rings is 1. The zero-order valence-electron chi connectivity index (χ0n) is 14.4. The molecule has 1 fully saturated rings. The van der Waals surface area contributed by atoms with Gasteiger partial charge in [0.25, 0.3) is 0 Å². The van der Waals surface area contributed by atoms with Gasteiger partial charge in [0.1, 0.15) is 0 Å². The first-order chi connectivity index (χ1) is 11.2. The molecule has 0 aromatic heterocycles. The quantitative estimate of drug-likeness (QED) is 0.256. The number of guanidine groups is 1. The Morgan fingerprint density at radius 1 is 1.42 bits per heavy atom. The van der Waals surface area contributed by atoms with Crippen LogP contribution in [0.4, 0.5) is 5.69 Å². The normalized spacial score (nSPS) is 17.5. The van der Waals surface area contributed by atoms with Gasteiger partial charge in [0.15, 0.2) is 5.96 Å². The summed E-state index contributed by atoms with van der Waals surface area (Å²) in [7, 11) is 1.82. The molecule has 0 spiro atoms. The Hall–Kier alpha value is -0.540. The third-order valence-corrected chi connectivity index (χ3v) is 4.58. The Bertz CT molecular complexity index is 515. The van der Waals surface area contributed by atoms with Crippen LogP contribution in [0.2, 0.25) is 0 Å². The maximum atomic E-state index is 5.35. The van der Waals surface area contributed by atoms with Crippen LogP contribution in [0, 0.1) is 0 Å². The number of aliphatic imine (C=N–C) groups is 1. The smallest absolute Gasteiger partial charge is 0.191 e. The van der Waals surface area contributed by atoms with Crippen LogP contribution in [0.15, 0.2) is 33.7 Å². The van der Waals surface area contributed by atoms with Crippen LogP contribution in [0.25, 0.3) is 0 Å². The first kappa shape index (κ1) is 21.5. The highest BCUT2D eigenvalue weighted by atomic mass is 127. The number of ether oxygens (including phenoxy) is 1. The molecule has 1 aromatic rings. The summed E-state index contributed by atoms with van der Waals surface area (Å²) >= 11 is 3.64. The van der Waals surface area contributed by atoms with Crippen molar-refractivity contribution in [1.29, 1.82) is 0 Å². The summed E-state index contributed by atoms with van der Waals surface area (Å²) in [5, 5.41) is 6.87. The lowest BCUT2D eigenvalue weighted by molar-refractivity contribution is 0.145. The molecule has 1 unspecified atom stereocenters. The molecular formula is C17H28BrIN4O. The molecule has 1 aliphatic heterocycles. The molecule has 1 saturated heterocycles. The highest BCUT2D eigenvalue weighted by Gasteiger charge is 2.24. The molecule has 2 N–H and O–H groups in total. The predicted molar refractivity (Wildman–Crippen MR) is 116 cm³/mol. The molecule has 24 heavy (non-hydrogen) atoms. The van der Waals surface area contributed by atoms with Crippen LogP contribution in [-0.2, 0) is 4.74 Å². The first-order valence-electron chi connectivity index (χ1n) is 8.29. The Kier molecular flexibility index (Phi) is 10.7. The molecule has 0 aliphatic carbocycles. The number of para-hydroxylation sites is 1. The van der Waals surface area contributed by atoms with Crippen molar-refractivity contribution in [2.75, 3.05) is 44.8 Å². The fourth-order valence-corrected chi connectivity index (χ4v) is 3.25. The van der Waals surface area contributed by atoms with Crippen molar-refractivity contribution in [3.63, 3.8) is 0 Å². The summed E-state index contributed by atoms with van der Waals surface area (Å²) < 4.78 is 6.50. The molecule has 1 heterocycles. The van der Waals surface area contributed by atoms with Crippen LogP contribution in [0.3, 0.4) is 0 Å². The van der Waals surface area contributed by atoms with E-state index in [9.17, 15) is 0 Å². The number of hydrogen-bond donors (Lipinski definition) is 2. The van der Waals surface area contributed by atoms with Gasteiger partial charge in [-0.3, -0.25) is 4.99 Å². The van der Waals surface area contributed by atoms with Gasteiger partial charge in [0, 0.05) is 50.4 Å². The average molecular weight is 511 g/mol. The molecule has 0 amide bonds. The lowest BCUT2D eigenvalue weighted by atomic mass is 10.2. The van der Waals surface area contributed by atoms with E-state index in [-0.39, 0.29) is 24.0 Å². The predicted octanol–water partition coefficient (Wildman–Crippen LogP) is 3.24. The zero-order valence-corrected chi connectivity index (χ0v) is 18.3. The van der Waals surface area contributed by atoms with E-state index < -0.39 is 0 Å². The first-order valence-corrected chi connectivity index (χ1v) is 9.08. The van der Waals surface area contributed by atoms with E-state index in [4.69, 9.17) is 4.74 Å². The molecule has 0 bridgehead atoms. The highest BCUT2D eigenvalue weighted by Crippen LogP contribution is 2.28. The van der Waals surface area contributed by atoms with Crippen molar-refractivity contribution >= 4 is 51.6 Å². The van der Waals surface area contributed by atoms with E-state index in [1.54, 1.807) is 0 Å². The monoisotopic (exact) mass is 510 g/mol. The summed E-state index contributed by atoms with van der Waals surface area (Å²) in [5.74, 6) is 0.875. The second-order valence-corrected chi connectivity index (χ2v) is 6.43. The summed E-state index contributed by atoms with van der Waals surface area (Å²) in [6, 6.07) is 8.80. The van der Waals surface area contributed by atoms with Crippen LogP contribution in [-0.4, -0.2) is 51.9 Å². The lowest BCUT2D eigenvalue weighted by Gasteiger charge is -2.21. The average Bonchev–Trinajstić information content (AvgIpc) is 3.02. The highest BCUT2D eigenvalue weighted by molar-refractivity contribution is 14.0.